The molecule has 0 atom stereocenters. The maximum Gasteiger partial charge on any atom is 0.585 e. The Labute approximate surface area is 149 Å². The Hall–Kier alpha value is -2.55. The normalized spacial score (nSPS) is 14.2. The maximum atomic E-state index is 13.1. The molecule has 0 aromatic carbocycles. The van der Waals surface area contributed by atoms with E-state index in [2.05, 4.69) is 21.0 Å². The highest BCUT2D eigenvalue weighted by Gasteiger charge is 2.44. The van der Waals surface area contributed by atoms with E-state index in [0.29, 0.717) is 16.7 Å². The summed E-state index contributed by atoms with van der Waals surface area (Å²) in [5, 5.41) is 8.98. The van der Waals surface area contributed by atoms with Crippen LogP contribution in [-0.4, -0.2) is 11.3 Å². The molecule has 0 unspecified atom stereocenters. The van der Waals surface area contributed by atoms with Crippen molar-refractivity contribution in [1.82, 2.24) is 4.98 Å². The second kappa shape index (κ2) is 12.8. The van der Waals surface area contributed by atoms with Crippen LogP contribution in [0.5, 0.6) is 0 Å². The van der Waals surface area contributed by atoms with Crippen LogP contribution < -0.4 is 0 Å². The average molecular weight is 354 g/mol. The van der Waals surface area contributed by atoms with Gasteiger partial charge in [-0.05, 0) is 6.92 Å². The molecule has 1 aliphatic heterocycles. The van der Waals surface area contributed by atoms with Crippen LogP contribution in [0.15, 0.2) is 42.6 Å². The number of aromatic nitrogens is 1. The Kier molecular flexibility index (Phi) is 12.7. The van der Waals surface area contributed by atoms with Gasteiger partial charge in [0.15, 0.2) is 5.76 Å². The van der Waals surface area contributed by atoms with Crippen LogP contribution in [0.1, 0.15) is 59.6 Å². The highest BCUT2D eigenvalue weighted by molar-refractivity contribution is 5.81. The van der Waals surface area contributed by atoms with Gasteiger partial charge in [-0.1, -0.05) is 60.3 Å². The lowest BCUT2D eigenvalue weighted by atomic mass is 10.0. The third kappa shape index (κ3) is 6.84. The zero-order valence-corrected chi connectivity index (χ0v) is 16.0. The molecule has 25 heavy (non-hydrogen) atoms. The third-order valence-corrected chi connectivity index (χ3v) is 2.50. The number of ether oxygens (including phenoxy) is 2. The van der Waals surface area contributed by atoms with E-state index >= 15 is 0 Å². The van der Waals surface area contributed by atoms with Crippen molar-refractivity contribution >= 4 is 5.57 Å². The lowest BCUT2D eigenvalue weighted by Gasteiger charge is -2.10. The lowest BCUT2D eigenvalue weighted by molar-refractivity contribution is -0.335. The van der Waals surface area contributed by atoms with Gasteiger partial charge in [0, 0.05) is 23.5 Å². The van der Waals surface area contributed by atoms with Crippen molar-refractivity contribution in [3.8, 4) is 6.07 Å². The monoisotopic (exact) mass is 354 g/mol. The van der Waals surface area contributed by atoms with Crippen LogP contribution in [0.3, 0.4) is 0 Å². The lowest BCUT2D eigenvalue weighted by Crippen LogP contribution is -2.16. The minimum Gasteiger partial charge on any atom is -0.400 e. The van der Waals surface area contributed by atoms with Crippen LogP contribution in [0.25, 0.3) is 5.57 Å². The van der Waals surface area contributed by atoms with Crippen molar-refractivity contribution in [1.29, 1.82) is 5.26 Å². The third-order valence-electron chi connectivity index (χ3n) is 2.50. The Morgan fingerprint density at radius 2 is 1.72 bits per heavy atom. The summed E-state index contributed by atoms with van der Waals surface area (Å²) in [5.74, 6) is -0.163. The molecule has 0 saturated carbocycles. The molecular formula is C19H28F2N2O2. The first-order valence-electron chi connectivity index (χ1n) is 8.35. The van der Waals surface area contributed by atoms with E-state index in [-0.39, 0.29) is 11.5 Å². The second-order valence-electron chi connectivity index (χ2n) is 3.76. The minimum atomic E-state index is -3.69. The summed E-state index contributed by atoms with van der Waals surface area (Å²) >= 11 is 0. The van der Waals surface area contributed by atoms with E-state index in [0.717, 1.165) is 0 Å². The fourth-order valence-corrected chi connectivity index (χ4v) is 1.77. The molecule has 6 heteroatoms. The van der Waals surface area contributed by atoms with Gasteiger partial charge in [0.25, 0.3) is 0 Å². The summed E-state index contributed by atoms with van der Waals surface area (Å²) in [4.78, 5) is 2.74. The Balaban J connectivity index is 0. The van der Waals surface area contributed by atoms with Gasteiger partial charge in [-0.25, -0.2) is 0 Å². The van der Waals surface area contributed by atoms with E-state index in [4.69, 9.17) is 5.26 Å². The topological polar surface area (TPSA) is 58.0 Å². The summed E-state index contributed by atoms with van der Waals surface area (Å²) in [7, 11) is 0. The van der Waals surface area contributed by atoms with E-state index in [9.17, 15) is 8.78 Å². The van der Waals surface area contributed by atoms with Crippen molar-refractivity contribution in [2.75, 3.05) is 0 Å². The largest absolute Gasteiger partial charge is 0.585 e. The van der Waals surface area contributed by atoms with Crippen LogP contribution in [0, 0.1) is 11.3 Å². The van der Waals surface area contributed by atoms with Crippen LogP contribution in [-0.2, 0) is 9.47 Å². The van der Waals surface area contributed by atoms with E-state index in [1.165, 1.54) is 31.5 Å². The number of hydrogen-bond acceptors (Lipinski definition) is 3. The first kappa shape index (κ1) is 24.7. The standard InChI is InChI=1S/C13H10F2N2O2.3C2H6/c1-3-4-10(11-7-17-6-9(11)5-16)12-8(2)18-13(14,15)19-12;3*1-2/h3-4,6-7,17H,1H2,2H3;3*1-2H3/b10-4-;;;. The number of aromatic amines is 1. The fraction of sp³-hybridized carbons (Fsp3) is 0.421. The molecule has 0 saturated heterocycles. The molecule has 4 nitrogen and oxygen atoms in total. The van der Waals surface area contributed by atoms with Gasteiger partial charge >= 0.3 is 6.29 Å². The number of hydrogen-bond donors (Lipinski definition) is 1. The van der Waals surface area contributed by atoms with Gasteiger partial charge in [-0.15, -0.1) is 8.78 Å². The summed E-state index contributed by atoms with van der Waals surface area (Å²) in [6, 6.07) is 1.96. The first-order chi connectivity index (χ1) is 12.0. The molecule has 140 valence electrons. The molecule has 1 N–H and O–H groups in total. The molecule has 0 spiro atoms. The Morgan fingerprint density at radius 3 is 2.12 bits per heavy atom. The number of rotatable bonds is 3. The van der Waals surface area contributed by atoms with Crippen molar-refractivity contribution < 1.29 is 18.3 Å². The van der Waals surface area contributed by atoms with Crippen molar-refractivity contribution in [3.63, 3.8) is 0 Å². The van der Waals surface area contributed by atoms with E-state index in [1.54, 1.807) is 0 Å². The highest BCUT2D eigenvalue weighted by Crippen LogP contribution is 2.40. The van der Waals surface area contributed by atoms with E-state index in [1.807, 2.05) is 47.6 Å². The van der Waals surface area contributed by atoms with Gasteiger partial charge in [-0.3, -0.25) is 0 Å². The number of H-pyrrole nitrogens is 1. The molecule has 0 aliphatic carbocycles. The molecule has 1 aliphatic rings. The predicted molar refractivity (Wildman–Crippen MR) is 97.5 cm³/mol. The summed E-state index contributed by atoms with van der Waals surface area (Å²) < 4.78 is 34.9. The highest BCUT2D eigenvalue weighted by atomic mass is 19.3. The quantitative estimate of drug-likeness (QED) is 0.642. The predicted octanol–water partition coefficient (Wildman–Crippen LogP) is 6.36. The zero-order chi connectivity index (χ0) is 20.0. The summed E-state index contributed by atoms with van der Waals surface area (Å²) in [6.07, 6.45) is 2.20. The fourth-order valence-electron chi connectivity index (χ4n) is 1.77. The number of halogens is 2. The molecule has 2 heterocycles. The van der Waals surface area contributed by atoms with Crippen molar-refractivity contribution in [2.45, 2.75) is 54.8 Å². The number of nitrogens with one attached hydrogen (secondary N) is 1. The summed E-state index contributed by atoms with van der Waals surface area (Å²) in [5.41, 5.74) is 1.06. The molecule has 0 fully saturated rings. The number of nitrogens with zero attached hydrogens (tertiary/aromatic N) is 1. The number of alkyl halides is 2. The van der Waals surface area contributed by atoms with Crippen LogP contribution in [0.2, 0.25) is 0 Å². The summed E-state index contributed by atoms with van der Waals surface area (Å²) in [6.45, 7) is 16.9. The number of allylic oxidation sites excluding steroid dienone is 4. The molecule has 0 radical (unpaired) electrons. The minimum absolute atomic E-state index is 0.0526. The molecule has 1 aromatic rings. The van der Waals surface area contributed by atoms with Gasteiger partial charge < -0.3 is 14.5 Å². The first-order valence-corrected chi connectivity index (χ1v) is 8.35. The average Bonchev–Trinajstić information content (AvgIpc) is 3.21. The van der Waals surface area contributed by atoms with Gasteiger partial charge in [0.05, 0.1) is 5.56 Å². The van der Waals surface area contributed by atoms with Gasteiger partial charge in [0.1, 0.15) is 11.8 Å². The van der Waals surface area contributed by atoms with Crippen molar-refractivity contribution in [3.05, 3.63) is 53.8 Å². The van der Waals surface area contributed by atoms with Crippen molar-refractivity contribution in [2.24, 2.45) is 0 Å². The van der Waals surface area contributed by atoms with Crippen LogP contribution in [0.4, 0.5) is 8.78 Å². The SMILES string of the molecule is C=C/C=C(\C1=C(C)OC(F)(F)O1)c1c[nH]cc1C#N.CC.CC.CC. The zero-order valence-electron chi connectivity index (χ0n) is 16.0. The molecule has 1 aromatic heterocycles. The van der Waals surface area contributed by atoms with Crippen LogP contribution >= 0.6 is 0 Å². The van der Waals surface area contributed by atoms with Gasteiger partial charge in [-0.2, -0.15) is 5.26 Å². The smallest absolute Gasteiger partial charge is 0.400 e. The molecular weight excluding hydrogens is 326 g/mol. The Morgan fingerprint density at radius 1 is 1.16 bits per heavy atom. The molecule has 0 amide bonds. The molecule has 0 bridgehead atoms. The van der Waals surface area contributed by atoms with Gasteiger partial charge in [0.2, 0.25) is 0 Å². The number of nitriles is 1. The molecule has 2 rings (SSSR count). The van der Waals surface area contributed by atoms with E-state index < -0.39 is 6.29 Å². The Bertz CT molecular complexity index is 624. The second-order valence-corrected chi connectivity index (χ2v) is 3.76. The maximum absolute atomic E-state index is 13.1.